The number of carbonyl (C=O) groups excluding carboxylic acids is 2. The summed E-state index contributed by atoms with van der Waals surface area (Å²) in [5, 5.41) is 0. The zero-order chi connectivity index (χ0) is 16.0. The Morgan fingerprint density at radius 3 is 2.19 bits per heavy atom. The molecule has 114 valence electrons. The summed E-state index contributed by atoms with van der Waals surface area (Å²) in [5.74, 6) is -0.877. The number of aryl methyl sites for hydroxylation is 1. The highest BCUT2D eigenvalue weighted by atomic mass is 28.4. The van der Waals surface area contributed by atoms with E-state index in [0.717, 1.165) is 5.56 Å². The van der Waals surface area contributed by atoms with Crippen molar-refractivity contribution in [3.8, 4) is 0 Å². The molecule has 0 saturated heterocycles. The number of rotatable bonds is 6. The van der Waals surface area contributed by atoms with E-state index >= 15 is 0 Å². The summed E-state index contributed by atoms with van der Waals surface area (Å²) in [5.41, 5.74) is 1.58. The molecular weight excluding hydrogens is 284 g/mol. The molecule has 21 heavy (non-hydrogen) atoms. The van der Waals surface area contributed by atoms with E-state index in [1.54, 1.807) is 19.1 Å². The molecule has 0 bridgehead atoms. The zero-order valence-electron chi connectivity index (χ0n) is 13.2. The number of carbonyl (C=O) groups is 2. The van der Waals surface area contributed by atoms with E-state index in [4.69, 9.17) is 9.16 Å². The molecule has 0 heterocycles. The minimum atomic E-state index is -2.01. The summed E-state index contributed by atoms with van der Waals surface area (Å²) < 4.78 is 10.6. The molecule has 0 radical (unpaired) electrons. The Balaban J connectivity index is 3.03. The molecule has 0 fully saturated rings. The normalized spacial score (nSPS) is 12.0. The van der Waals surface area contributed by atoms with Gasteiger partial charge in [-0.2, -0.15) is 0 Å². The first kappa shape index (κ1) is 17.2. The van der Waals surface area contributed by atoms with E-state index in [9.17, 15) is 9.59 Å². The first-order chi connectivity index (χ1) is 9.73. The van der Waals surface area contributed by atoms with Crippen molar-refractivity contribution in [1.29, 1.82) is 0 Å². The number of hydrogen-bond donors (Lipinski definition) is 0. The lowest BCUT2D eigenvalue weighted by molar-refractivity contribution is -0.141. The lowest BCUT2D eigenvalue weighted by Gasteiger charge is -2.20. The second-order valence-corrected chi connectivity index (χ2v) is 10.1. The van der Waals surface area contributed by atoms with Crippen LogP contribution in [0.25, 0.3) is 0 Å². The largest absolute Gasteiger partial charge is 0.539 e. The number of ketones is 1. The van der Waals surface area contributed by atoms with Gasteiger partial charge >= 0.3 is 5.97 Å². The molecule has 0 spiro atoms. The molecule has 0 N–H and O–H groups in total. The molecule has 1 aromatic carbocycles. The zero-order valence-corrected chi connectivity index (χ0v) is 14.2. The minimum Gasteiger partial charge on any atom is -0.539 e. The van der Waals surface area contributed by atoms with Gasteiger partial charge in [0, 0.05) is 11.6 Å². The first-order valence-electron chi connectivity index (χ1n) is 6.92. The van der Waals surface area contributed by atoms with Crippen LogP contribution in [0.4, 0.5) is 0 Å². The summed E-state index contributed by atoms with van der Waals surface area (Å²) >= 11 is 0. The number of ether oxygens (including phenoxy) is 1. The average Bonchev–Trinajstić information content (AvgIpc) is 2.37. The predicted octanol–water partition coefficient (Wildman–Crippen LogP) is 3.48. The Kier molecular flexibility index (Phi) is 5.90. The van der Waals surface area contributed by atoms with Crippen LogP contribution in [-0.2, 0) is 14.0 Å². The van der Waals surface area contributed by atoms with Crippen LogP contribution in [0.3, 0.4) is 0 Å². The Morgan fingerprint density at radius 2 is 1.71 bits per heavy atom. The van der Waals surface area contributed by atoms with Gasteiger partial charge in [0.05, 0.1) is 6.61 Å². The van der Waals surface area contributed by atoms with E-state index < -0.39 is 14.3 Å². The van der Waals surface area contributed by atoms with Gasteiger partial charge in [0.15, 0.2) is 11.5 Å². The summed E-state index contributed by atoms with van der Waals surface area (Å²) in [6.45, 7) is 9.72. The lowest BCUT2D eigenvalue weighted by atomic mass is 10.1. The fourth-order valence-electron chi connectivity index (χ4n) is 1.58. The molecule has 0 aliphatic carbocycles. The van der Waals surface area contributed by atoms with Crippen LogP contribution in [0.1, 0.15) is 22.8 Å². The molecule has 4 nitrogen and oxygen atoms in total. The molecule has 0 amide bonds. The third-order valence-corrected chi connectivity index (χ3v) is 3.32. The Morgan fingerprint density at radius 1 is 1.14 bits per heavy atom. The second kappa shape index (κ2) is 7.22. The van der Waals surface area contributed by atoms with E-state index in [1.165, 1.54) is 6.08 Å². The fraction of sp³-hybridized carbons (Fsp3) is 0.375. The van der Waals surface area contributed by atoms with Crippen LogP contribution < -0.4 is 0 Å². The van der Waals surface area contributed by atoms with Gasteiger partial charge in [-0.3, -0.25) is 4.79 Å². The van der Waals surface area contributed by atoms with Crippen molar-refractivity contribution in [2.75, 3.05) is 6.61 Å². The predicted molar refractivity (Wildman–Crippen MR) is 84.7 cm³/mol. The van der Waals surface area contributed by atoms with Gasteiger partial charge in [-0.15, -0.1) is 0 Å². The molecule has 0 atom stereocenters. The molecule has 0 aromatic heterocycles. The van der Waals surface area contributed by atoms with Gasteiger partial charge in [-0.1, -0.05) is 29.8 Å². The Bertz CT molecular complexity index is 538. The Hall–Kier alpha value is -1.88. The van der Waals surface area contributed by atoms with Gasteiger partial charge in [0.1, 0.15) is 0 Å². The van der Waals surface area contributed by atoms with Crippen molar-refractivity contribution in [2.45, 2.75) is 33.5 Å². The maximum atomic E-state index is 12.2. The first-order valence-corrected chi connectivity index (χ1v) is 10.3. The van der Waals surface area contributed by atoms with Crippen LogP contribution in [0, 0.1) is 6.92 Å². The molecule has 1 aromatic rings. The summed E-state index contributed by atoms with van der Waals surface area (Å²) in [4.78, 5) is 24.1. The SMILES string of the molecule is CCOC(=O)/C(=C\C(=O)c1ccc(C)cc1)O[Si](C)(C)C. The Labute approximate surface area is 126 Å². The topological polar surface area (TPSA) is 52.6 Å². The highest BCUT2D eigenvalue weighted by Gasteiger charge is 2.24. The van der Waals surface area contributed by atoms with Crippen LogP contribution in [0.15, 0.2) is 36.1 Å². The van der Waals surface area contributed by atoms with E-state index in [2.05, 4.69) is 0 Å². The number of allylic oxidation sites excluding steroid dienone is 1. The number of esters is 1. The van der Waals surface area contributed by atoms with Gasteiger partial charge in [-0.05, 0) is 33.5 Å². The maximum absolute atomic E-state index is 12.2. The molecule has 1 rings (SSSR count). The van der Waals surface area contributed by atoms with Gasteiger partial charge in [0.2, 0.25) is 8.32 Å². The molecule has 0 unspecified atom stereocenters. The number of benzene rings is 1. The monoisotopic (exact) mass is 306 g/mol. The standard InChI is InChI=1S/C16H22O4Si/c1-6-19-16(18)15(20-21(3,4)5)11-14(17)13-9-7-12(2)8-10-13/h7-11H,6H2,1-5H3/b15-11+. The molecule has 0 saturated carbocycles. The molecule has 0 aliphatic rings. The number of hydrogen-bond acceptors (Lipinski definition) is 4. The third-order valence-electron chi connectivity index (χ3n) is 2.49. The summed E-state index contributed by atoms with van der Waals surface area (Å²) in [6.07, 6.45) is 1.22. The smallest absolute Gasteiger partial charge is 0.372 e. The van der Waals surface area contributed by atoms with Crippen LogP contribution in [0.5, 0.6) is 0 Å². The maximum Gasteiger partial charge on any atom is 0.372 e. The molecular formula is C16H22O4Si. The molecule has 0 aliphatic heterocycles. The third kappa shape index (κ3) is 5.95. The van der Waals surface area contributed by atoms with Crippen LogP contribution in [0.2, 0.25) is 19.6 Å². The van der Waals surface area contributed by atoms with E-state index in [0.29, 0.717) is 5.56 Å². The van der Waals surface area contributed by atoms with Crippen molar-refractivity contribution >= 4 is 20.1 Å². The van der Waals surface area contributed by atoms with Crippen LogP contribution >= 0.6 is 0 Å². The average molecular weight is 306 g/mol. The minimum absolute atomic E-state index is 0.0124. The van der Waals surface area contributed by atoms with Crippen molar-refractivity contribution < 1.29 is 18.8 Å². The van der Waals surface area contributed by atoms with Crippen molar-refractivity contribution in [2.24, 2.45) is 0 Å². The lowest BCUT2D eigenvalue weighted by Crippen LogP contribution is -2.28. The summed E-state index contributed by atoms with van der Waals surface area (Å²) in [7, 11) is -2.01. The van der Waals surface area contributed by atoms with Crippen molar-refractivity contribution in [3.05, 3.63) is 47.2 Å². The summed E-state index contributed by atoms with van der Waals surface area (Å²) in [6, 6.07) is 7.16. The highest BCUT2D eigenvalue weighted by molar-refractivity contribution is 6.70. The van der Waals surface area contributed by atoms with Crippen molar-refractivity contribution in [1.82, 2.24) is 0 Å². The van der Waals surface area contributed by atoms with E-state index in [-0.39, 0.29) is 18.1 Å². The second-order valence-electron chi connectivity index (χ2n) is 5.67. The van der Waals surface area contributed by atoms with Crippen LogP contribution in [-0.4, -0.2) is 26.7 Å². The van der Waals surface area contributed by atoms with Gasteiger partial charge in [-0.25, -0.2) is 4.79 Å². The quantitative estimate of drug-likeness (QED) is 0.265. The van der Waals surface area contributed by atoms with E-state index in [1.807, 2.05) is 38.7 Å². The van der Waals surface area contributed by atoms with Crippen molar-refractivity contribution in [3.63, 3.8) is 0 Å². The highest BCUT2D eigenvalue weighted by Crippen LogP contribution is 2.14. The van der Waals surface area contributed by atoms with Gasteiger partial charge < -0.3 is 9.16 Å². The fourth-order valence-corrected chi connectivity index (χ4v) is 2.38. The van der Waals surface area contributed by atoms with Gasteiger partial charge in [0.25, 0.3) is 0 Å². The molecule has 5 heteroatoms.